The van der Waals surface area contributed by atoms with Gasteiger partial charge in [-0.05, 0) is 42.9 Å². The van der Waals surface area contributed by atoms with Crippen LogP contribution in [0.2, 0.25) is 5.02 Å². The lowest BCUT2D eigenvalue weighted by molar-refractivity contribution is 0.386. The minimum atomic E-state index is 0.185. The van der Waals surface area contributed by atoms with E-state index in [-0.39, 0.29) is 5.41 Å². The van der Waals surface area contributed by atoms with E-state index in [1.807, 2.05) is 18.2 Å². The molecule has 1 aliphatic carbocycles. The van der Waals surface area contributed by atoms with E-state index in [0.29, 0.717) is 4.83 Å². The highest BCUT2D eigenvalue weighted by Crippen LogP contribution is 2.47. The Morgan fingerprint density at radius 2 is 2.25 bits per heavy atom. The number of rotatable bonds is 2. The standard InChI is InChI=1S/C13H16BrClO/c1-13(6-5-9(14)8-13)11-7-10(15)3-4-12(11)16-2/h3-4,7,9H,5-6,8H2,1-2H3. The number of hydrogen-bond acceptors (Lipinski definition) is 1. The molecule has 1 aliphatic rings. The summed E-state index contributed by atoms with van der Waals surface area (Å²) in [5, 5.41) is 0.787. The lowest BCUT2D eigenvalue weighted by Gasteiger charge is -2.26. The van der Waals surface area contributed by atoms with Gasteiger partial charge in [0.2, 0.25) is 0 Å². The molecule has 0 saturated heterocycles. The van der Waals surface area contributed by atoms with Crippen LogP contribution in [0.25, 0.3) is 0 Å². The largest absolute Gasteiger partial charge is 0.496 e. The van der Waals surface area contributed by atoms with Crippen LogP contribution in [0, 0.1) is 0 Å². The summed E-state index contributed by atoms with van der Waals surface area (Å²) in [5.41, 5.74) is 1.43. The fraction of sp³-hybridized carbons (Fsp3) is 0.538. The Morgan fingerprint density at radius 3 is 2.81 bits per heavy atom. The zero-order valence-electron chi connectivity index (χ0n) is 9.59. The molecule has 16 heavy (non-hydrogen) atoms. The van der Waals surface area contributed by atoms with Gasteiger partial charge in [-0.3, -0.25) is 0 Å². The Balaban J connectivity index is 2.42. The van der Waals surface area contributed by atoms with Crippen LogP contribution in [0.15, 0.2) is 18.2 Å². The Hall–Kier alpha value is -0.210. The number of hydrogen-bond donors (Lipinski definition) is 0. The van der Waals surface area contributed by atoms with Gasteiger partial charge in [0.05, 0.1) is 7.11 Å². The number of halogens is 2. The Morgan fingerprint density at radius 1 is 1.50 bits per heavy atom. The zero-order chi connectivity index (χ0) is 11.8. The smallest absolute Gasteiger partial charge is 0.122 e. The number of alkyl halides is 1. The Kier molecular flexibility index (Phi) is 3.50. The molecule has 0 radical (unpaired) electrons. The van der Waals surface area contributed by atoms with Crippen molar-refractivity contribution < 1.29 is 4.74 Å². The first-order chi connectivity index (χ1) is 7.55. The van der Waals surface area contributed by atoms with Crippen molar-refractivity contribution in [3.63, 3.8) is 0 Å². The predicted molar refractivity (Wildman–Crippen MR) is 71.9 cm³/mol. The third-order valence-corrected chi connectivity index (χ3v) is 4.51. The molecule has 0 N–H and O–H groups in total. The maximum absolute atomic E-state index is 6.08. The highest BCUT2D eigenvalue weighted by Gasteiger charge is 2.37. The number of methoxy groups -OCH3 is 1. The van der Waals surface area contributed by atoms with Gasteiger partial charge in [0.25, 0.3) is 0 Å². The number of ether oxygens (including phenoxy) is 1. The maximum atomic E-state index is 6.08. The van der Waals surface area contributed by atoms with Crippen LogP contribution in [0.3, 0.4) is 0 Å². The van der Waals surface area contributed by atoms with Crippen molar-refractivity contribution in [3.8, 4) is 5.75 Å². The third kappa shape index (κ3) is 2.23. The van der Waals surface area contributed by atoms with E-state index < -0.39 is 0 Å². The van der Waals surface area contributed by atoms with Crippen LogP contribution in [0.5, 0.6) is 5.75 Å². The van der Waals surface area contributed by atoms with Crippen molar-refractivity contribution in [3.05, 3.63) is 28.8 Å². The lowest BCUT2D eigenvalue weighted by Crippen LogP contribution is -2.19. The SMILES string of the molecule is COc1ccc(Cl)cc1C1(C)CCC(Br)C1. The first-order valence-electron chi connectivity index (χ1n) is 5.53. The predicted octanol–water partition coefficient (Wildman–Crippen LogP) is 4.55. The van der Waals surface area contributed by atoms with Crippen LogP contribution in [-0.2, 0) is 5.41 Å². The molecule has 2 unspecified atom stereocenters. The van der Waals surface area contributed by atoms with E-state index in [1.54, 1.807) is 7.11 Å². The van der Waals surface area contributed by atoms with Crippen molar-refractivity contribution in [2.45, 2.75) is 36.4 Å². The lowest BCUT2D eigenvalue weighted by atomic mass is 9.80. The van der Waals surface area contributed by atoms with E-state index in [4.69, 9.17) is 16.3 Å². The van der Waals surface area contributed by atoms with E-state index in [1.165, 1.54) is 18.4 Å². The molecule has 2 atom stereocenters. The van der Waals surface area contributed by atoms with E-state index in [2.05, 4.69) is 22.9 Å². The Bertz CT molecular complexity index is 394. The second-order valence-electron chi connectivity index (χ2n) is 4.75. The van der Waals surface area contributed by atoms with E-state index >= 15 is 0 Å². The average Bonchev–Trinajstić information content (AvgIpc) is 2.60. The topological polar surface area (TPSA) is 9.23 Å². The summed E-state index contributed by atoms with van der Waals surface area (Å²) in [6.45, 7) is 2.29. The van der Waals surface area contributed by atoms with Crippen molar-refractivity contribution in [2.24, 2.45) is 0 Å². The van der Waals surface area contributed by atoms with Crippen LogP contribution in [0.1, 0.15) is 31.7 Å². The summed E-state index contributed by atoms with van der Waals surface area (Å²) < 4.78 is 5.44. The van der Waals surface area contributed by atoms with Gasteiger partial charge in [-0.2, -0.15) is 0 Å². The highest BCUT2D eigenvalue weighted by molar-refractivity contribution is 9.09. The molecule has 1 nitrogen and oxygen atoms in total. The molecule has 1 aromatic carbocycles. The van der Waals surface area contributed by atoms with Crippen LogP contribution in [0.4, 0.5) is 0 Å². The molecule has 3 heteroatoms. The fourth-order valence-electron chi connectivity index (χ4n) is 2.56. The van der Waals surface area contributed by atoms with Gasteiger partial charge < -0.3 is 4.74 Å². The quantitative estimate of drug-likeness (QED) is 0.728. The second kappa shape index (κ2) is 4.58. The van der Waals surface area contributed by atoms with Crippen molar-refractivity contribution in [1.82, 2.24) is 0 Å². The van der Waals surface area contributed by atoms with Gasteiger partial charge in [0, 0.05) is 15.4 Å². The molecule has 2 rings (SSSR count). The van der Waals surface area contributed by atoms with Gasteiger partial charge in [-0.1, -0.05) is 34.5 Å². The first-order valence-corrected chi connectivity index (χ1v) is 6.82. The molecule has 88 valence electrons. The molecule has 0 bridgehead atoms. The number of benzene rings is 1. The monoisotopic (exact) mass is 302 g/mol. The molecule has 0 spiro atoms. The van der Waals surface area contributed by atoms with Crippen molar-refractivity contribution >= 4 is 27.5 Å². The second-order valence-corrected chi connectivity index (χ2v) is 6.48. The molecule has 1 fully saturated rings. The summed E-state index contributed by atoms with van der Waals surface area (Å²) >= 11 is 9.79. The fourth-order valence-corrected chi connectivity index (χ4v) is 3.68. The zero-order valence-corrected chi connectivity index (χ0v) is 11.9. The van der Waals surface area contributed by atoms with Crippen LogP contribution < -0.4 is 4.74 Å². The summed E-state index contributed by atoms with van der Waals surface area (Å²) in [5.74, 6) is 0.952. The Labute approximate surface area is 110 Å². The molecule has 1 aromatic rings. The van der Waals surface area contributed by atoms with Gasteiger partial charge >= 0.3 is 0 Å². The van der Waals surface area contributed by atoms with Gasteiger partial charge in [0.1, 0.15) is 5.75 Å². The molecule has 0 aromatic heterocycles. The first kappa shape index (κ1) is 12.3. The summed E-state index contributed by atoms with van der Waals surface area (Å²) in [6, 6.07) is 5.89. The van der Waals surface area contributed by atoms with Crippen molar-refractivity contribution in [1.29, 1.82) is 0 Å². The highest BCUT2D eigenvalue weighted by atomic mass is 79.9. The summed E-state index contributed by atoms with van der Waals surface area (Å²) in [6.07, 6.45) is 3.54. The molecule has 0 aliphatic heterocycles. The molecule has 0 heterocycles. The van der Waals surface area contributed by atoms with Gasteiger partial charge in [-0.25, -0.2) is 0 Å². The molecule has 0 amide bonds. The van der Waals surface area contributed by atoms with E-state index in [9.17, 15) is 0 Å². The minimum absolute atomic E-state index is 0.185. The van der Waals surface area contributed by atoms with Gasteiger partial charge in [-0.15, -0.1) is 0 Å². The maximum Gasteiger partial charge on any atom is 0.122 e. The summed E-state index contributed by atoms with van der Waals surface area (Å²) in [4.78, 5) is 0.612. The average molecular weight is 304 g/mol. The normalized spacial score (nSPS) is 29.4. The van der Waals surface area contributed by atoms with Crippen molar-refractivity contribution in [2.75, 3.05) is 7.11 Å². The van der Waals surface area contributed by atoms with Crippen LogP contribution >= 0.6 is 27.5 Å². The summed E-state index contributed by atoms with van der Waals surface area (Å²) in [7, 11) is 1.72. The third-order valence-electron chi connectivity index (χ3n) is 3.49. The molecule has 1 saturated carbocycles. The van der Waals surface area contributed by atoms with Gasteiger partial charge in [0.15, 0.2) is 0 Å². The minimum Gasteiger partial charge on any atom is -0.496 e. The van der Waals surface area contributed by atoms with Crippen LogP contribution in [-0.4, -0.2) is 11.9 Å². The van der Waals surface area contributed by atoms with E-state index in [0.717, 1.165) is 17.2 Å². The molecular weight excluding hydrogens is 287 g/mol. The molecular formula is C13H16BrClO.